The Morgan fingerprint density at radius 2 is 1.87 bits per heavy atom. The number of amides is 1. The van der Waals surface area contributed by atoms with Gasteiger partial charge in [0.05, 0.1) is 0 Å². The number of allylic oxidation sites excluding steroid dienone is 1. The van der Waals surface area contributed by atoms with Crippen molar-refractivity contribution in [1.29, 1.82) is 5.41 Å². The van der Waals surface area contributed by atoms with Crippen LogP contribution in [0.4, 0.5) is 0 Å². The molecule has 0 aromatic heterocycles. The van der Waals surface area contributed by atoms with E-state index in [4.69, 9.17) is 16.9 Å². The number of nitrogens with two attached hydrogens (primary N) is 2. The number of nitrogens with one attached hydrogen (secondary N) is 1. The van der Waals surface area contributed by atoms with Crippen LogP contribution < -0.4 is 11.5 Å². The third-order valence-corrected chi connectivity index (χ3v) is 1.85. The van der Waals surface area contributed by atoms with E-state index in [9.17, 15) is 4.79 Å². The summed E-state index contributed by atoms with van der Waals surface area (Å²) in [6.45, 7) is 0. The van der Waals surface area contributed by atoms with Gasteiger partial charge in [0.1, 0.15) is 5.71 Å². The summed E-state index contributed by atoms with van der Waals surface area (Å²) in [5.41, 5.74) is 11.8. The Morgan fingerprint density at radius 1 is 1.27 bits per heavy atom. The quantitative estimate of drug-likeness (QED) is 0.624. The van der Waals surface area contributed by atoms with Crippen molar-refractivity contribution in [1.82, 2.24) is 0 Å². The average Bonchev–Trinajstić information content (AvgIpc) is 2.18. The average molecular weight is 203 g/mol. The smallest absolute Gasteiger partial charge is 0.266 e. The summed E-state index contributed by atoms with van der Waals surface area (Å²) in [5.74, 6) is -0.772. The molecule has 1 aromatic rings. The Bertz CT molecular complexity index is 396. The van der Waals surface area contributed by atoms with Gasteiger partial charge in [-0.2, -0.15) is 0 Å². The summed E-state index contributed by atoms with van der Waals surface area (Å²) in [5, 5.41) is 7.21. The lowest BCUT2D eigenvalue weighted by Crippen LogP contribution is -2.21. The number of carbonyl (C=O) groups is 1. The first-order valence-electron chi connectivity index (χ1n) is 4.48. The lowest BCUT2D eigenvalue weighted by molar-refractivity contribution is -0.111. The number of rotatable bonds is 4. The summed E-state index contributed by atoms with van der Waals surface area (Å²) in [4.78, 5) is 10.6. The van der Waals surface area contributed by atoms with Gasteiger partial charge in [-0.15, -0.1) is 0 Å². The molecule has 4 heteroatoms. The number of hydrogen-bond acceptors (Lipinski definition) is 3. The van der Waals surface area contributed by atoms with Crippen molar-refractivity contribution in [2.24, 2.45) is 11.5 Å². The molecule has 15 heavy (non-hydrogen) atoms. The highest BCUT2D eigenvalue weighted by Crippen LogP contribution is 2.03. The van der Waals surface area contributed by atoms with Crippen LogP contribution >= 0.6 is 0 Å². The zero-order valence-electron chi connectivity index (χ0n) is 8.23. The SMILES string of the molecule is N=C(/C=C(\N)Cc1ccccc1)C(N)=O. The maximum Gasteiger partial charge on any atom is 0.266 e. The second-order valence-electron chi connectivity index (χ2n) is 3.16. The lowest BCUT2D eigenvalue weighted by Gasteiger charge is -2.01. The van der Waals surface area contributed by atoms with E-state index in [1.54, 1.807) is 0 Å². The Kier molecular flexibility index (Phi) is 3.62. The number of carbonyl (C=O) groups excluding carboxylic acids is 1. The Labute approximate surface area is 88.1 Å². The first-order valence-corrected chi connectivity index (χ1v) is 4.48. The topological polar surface area (TPSA) is 93.0 Å². The van der Waals surface area contributed by atoms with Gasteiger partial charge in [-0.05, 0) is 11.6 Å². The van der Waals surface area contributed by atoms with Crippen LogP contribution in [0.1, 0.15) is 5.56 Å². The zero-order valence-corrected chi connectivity index (χ0v) is 8.23. The fraction of sp³-hybridized carbons (Fsp3) is 0.0909. The fourth-order valence-corrected chi connectivity index (χ4v) is 1.14. The summed E-state index contributed by atoms with van der Waals surface area (Å²) in [6.07, 6.45) is 1.80. The van der Waals surface area contributed by atoms with Gasteiger partial charge in [-0.1, -0.05) is 30.3 Å². The Balaban J connectivity index is 2.67. The van der Waals surface area contributed by atoms with E-state index < -0.39 is 5.91 Å². The highest BCUT2D eigenvalue weighted by Gasteiger charge is 2.01. The number of primary amides is 1. The highest BCUT2D eigenvalue weighted by molar-refractivity contribution is 6.41. The molecule has 0 heterocycles. The van der Waals surface area contributed by atoms with Crippen molar-refractivity contribution < 1.29 is 4.79 Å². The fourth-order valence-electron chi connectivity index (χ4n) is 1.14. The third kappa shape index (κ3) is 3.64. The van der Waals surface area contributed by atoms with Gasteiger partial charge in [0.15, 0.2) is 0 Å². The van der Waals surface area contributed by atoms with Crippen molar-refractivity contribution in [3.05, 3.63) is 47.7 Å². The van der Waals surface area contributed by atoms with Crippen LogP contribution in [0.25, 0.3) is 0 Å². The van der Waals surface area contributed by atoms with E-state index >= 15 is 0 Å². The van der Waals surface area contributed by atoms with Gasteiger partial charge in [0.25, 0.3) is 5.91 Å². The molecule has 0 atom stereocenters. The minimum Gasteiger partial charge on any atom is -0.402 e. The molecule has 5 N–H and O–H groups in total. The number of hydrogen-bond donors (Lipinski definition) is 3. The summed E-state index contributed by atoms with van der Waals surface area (Å²) in [7, 11) is 0. The largest absolute Gasteiger partial charge is 0.402 e. The molecule has 0 radical (unpaired) electrons. The van der Waals surface area contributed by atoms with Crippen LogP contribution in [-0.4, -0.2) is 11.6 Å². The van der Waals surface area contributed by atoms with E-state index in [0.717, 1.165) is 5.56 Å². The second kappa shape index (κ2) is 4.95. The summed E-state index contributed by atoms with van der Waals surface area (Å²) < 4.78 is 0. The molecule has 0 aliphatic carbocycles. The molecule has 0 unspecified atom stereocenters. The normalized spacial score (nSPS) is 11.1. The minimum atomic E-state index is -0.772. The van der Waals surface area contributed by atoms with Crippen molar-refractivity contribution in [3.8, 4) is 0 Å². The van der Waals surface area contributed by atoms with Crippen LogP contribution in [0.5, 0.6) is 0 Å². The van der Waals surface area contributed by atoms with Gasteiger partial charge in [0, 0.05) is 12.1 Å². The minimum absolute atomic E-state index is 0.275. The lowest BCUT2D eigenvalue weighted by atomic mass is 10.1. The van der Waals surface area contributed by atoms with Crippen LogP contribution in [-0.2, 0) is 11.2 Å². The molecule has 1 amide bonds. The standard InChI is InChI=1S/C11H13N3O/c12-9(7-10(13)11(14)15)6-8-4-2-1-3-5-8/h1-5,7,13H,6,12H2,(H2,14,15)/b9-7-,13-10?. The maximum absolute atomic E-state index is 10.6. The van der Waals surface area contributed by atoms with Crippen molar-refractivity contribution in [2.75, 3.05) is 0 Å². The molecule has 0 aliphatic rings. The zero-order chi connectivity index (χ0) is 11.3. The monoisotopic (exact) mass is 203 g/mol. The predicted molar refractivity (Wildman–Crippen MR) is 59.3 cm³/mol. The number of benzene rings is 1. The molecule has 0 aliphatic heterocycles. The molecular weight excluding hydrogens is 190 g/mol. The van der Waals surface area contributed by atoms with E-state index in [0.29, 0.717) is 12.1 Å². The van der Waals surface area contributed by atoms with Gasteiger partial charge < -0.3 is 11.5 Å². The molecule has 0 saturated carbocycles. The van der Waals surface area contributed by atoms with E-state index in [2.05, 4.69) is 0 Å². The van der Waals surface area contributed by atoms with E-state index in [-0.39, 0.29) is 5.71 Å². The molecule has 1 rings (SSSR count). The van der Waals surface area contributed by atoms with E-state index in [1.165, 1.54) is 6.08 Å². The molecule has 4 nitrogen and oxygen atoms in total. The first-order chi connectivity index (χ1) is 7.09. The van der Waals surface area contributed by atoms with Crippen LogP contribution in [0.2, 0.25) is 0 Å². The molecule has 1 aromatic carbocycles. The molecule has 0 bridgehead atoms. The molecule has 78 valence electrons. The van der Waals surface area contributed by atoms with Crippen molar-refractivity contribution in [3.63, 3.8) is 0 Å². The van der Waals surface area contributed by atoms with Gasteiger partial charge in [-0.3, -0.25) is 10.2 Å². The Morgan fingerprint density at radius 3 is 2.40 bits per heavy atom. The van der Waals surface area contributed by atoms with Gasteiger partial charge in [0.2, 0.25) is 0 Å². The van der Waals surface area contributed by atoms with E-state index in [1.807, 2.05) is 30.3 Å². The first kappa shape index (κ1) is 11.0. The van der Waals surface area contributed by atoms with Gasteiger partial charge >= 0.3 is 0 Å². The second-order valence-corrected chi connectivity index (χ2v) is 3.16. The third-order valence-electron chi connectivity index (χ3n) is 1.85. The van der Waals surface area contributed by atoms with Crippen LogP contribution in [0.3, 0.4) is 0 Å². The summed E-state index contributed by atoms with van der Waals surface area (Å²) in [6, 6.07) is 9.57. The summed E-state index contributed by atoms with van der Waals surface area (Å²) >= 11 is 0. The molecule has 0 spiro atoms. The van der Waals surface area contributed by atoms with Crippen molar-refractivity contribution in [2.45, 2.75) is 6.42 Å². The van der Waals surface area contributed by atoms with Gasteiger partial charge in [-0.25, -0.2) is 0 Å². The van der Waals surface area contributed by atoms with Crippen LogP contribution in [0.15, 0.2) is 42.1 Å². The molecular formula is C11H13N3O. The molecule has 0 saturated heterocycles. The molecule has 0 fully saturated rings. The van der Waals surface area contributed by atoms with Crippen LogP contribution in [0, 0.1) is 5.41 Å². The predicted octanol–water partition coefficient (Wildman–Crippen LogP) is 0.577. The Hall–Kier alpha value is -2.10. The van der Waals surface area contributed by atoms with Crippen molar-refractivity contribution >= 4 is 11.6 Å². The highest BCUT2D eigenvalue weighted by atomic mass is 16.1. The maximum atomic E-state index is 10.6.